The van der Waals surface area contributed by atoms with Crippen LogP contribution in [0.15, 0.2) is 150 Å². The summed E-state index contributed by atoms with van der Waals surface area (Å²) < 4.78 is 8.99. The highest BCUT2D eigenvalue weighted by Crippen LogP contribution is 2.41. The zero-order chi connectivity index (χ0) is 32.5. The minimum absolute atomic E-state index is 0.444. The molecule has 1 aliphatic rings. The summed E-state index contributed by atoms with van der Waals surface area (Å²) in [5, 5.41) is 4.56. The lowest BCUT2D eigenvalue weighted by molar-refractivity contribution is 0.668. The molecule has 0 radical (unpaired) electrons. The van der Waals surface area contributed by atoms with Crippen LogP contribution in [0.5, 0.6) is 0 Å². The van der Waals surface area contributed by atoms with E-state index in [-0.39, 0.29) is 0 Å². The highest BCUT2D eigenvalue weighted by Gasteiger charge is 2.23. The summed E-state index contributed by atoms with van der Waals surface area (Å²) in [5.74, 6) is 1.16. The number of aromatic nitrogens is 3. The Bertz CT molecular complexity index is 2750. The number of rotatable bonds is 4. The van der Waals surface area contributed by atoms with E-state index in [4.69, 9.17) is 14.4 Å². The van der Waals surface area contributed by atoms with Gasteiger partial charge < -0.3 is 8.98 Å². The number of nitrogens with zero attached hydrogens (tertiary/aromatic N) is 3. The average Bonchev–Trinajstić information content (AvgIpc) is 3.70. The lowest BCUT2D eigenvalue weighted by Gasteiger charge is -2.19. The van der Waals surface area contributed by atoms with Crippen molar-refractivity contribution < 1.29 is 4.42 Å². The average molecular weight is 630 g/mol. The summed E-state index contributed by atoms with van der Waals surface area (Å²) in [5.41, 5.74) is 12.8. The zero-order valence-corrected chi connectivity index (χ0v) is 27.0. The molecule has 9 aromatic rings. The lowest BCUT2D eigenvalue weighted by atomic mass is 9.90. The van der Waals surface area contributed by atoms with E-state index in [1.54, 1.807) is 0 Å². The van der Waals surface area contributed by atoms with Crippen molar-refractivity contribution in [2.24, 2.45) is 5.92 Å². The van der Waals surface area contributed by atoms with Gasteiger partial charge in [0.2, 0.25) is 0 Å². The Labute approximate surface area is 283 Å². The minimum atomic E-state index is 0.444. The Morgan fingerprint density at radius 3 is 2.20 bits per heavy atom. The molecule has 0 saturated carbocycles. The van der Waals surface area contributed by atoms with E-state index in [1.165, 1.54) is 27.5 Å². The maximum atomic E-state index is 6.63. The molecule has 0 amide bonds. The van der Waals surface area contributed by atoms with Crippen LogP contribution in [-0.2, 0) is 6.42 Å². The van der Waals surface area contributed by atoms with E-state index in [2.05, 4.69) is 151 Å². The van der Waals surface area contributed by atoms with Gasteiger partial charge in [-0.2, -0.15) is 0 Å². The molecular weight excluding hydrogens is 599 g/mol. The smallest absolute Gasteiger partial charge is 0.161 e. The third-order valence-corrected chi connectivity index (χ3v) is 9.96. The van der Waals surface area contributed by atoms with Crippen LogP contribution in [-0.4, -0.2) is 14.5 Å². The summed E-state index contributed by atoms with van der Waals surface area (Å²) in [6, 6.07) is 49.2. The molecule has 1 unspecified atom stereocenters. The zero-order valence-electron chi connectivity index (χ0n) is 27.0. The largest absolute Gasteiger partial charge is 0.456 e. The second kappa shape index (κ2) is 10.9. The molecule has 0 saturated heterocycles. The van der Waals surface area contributed by atoms with Gasteiger partial charge in [0.25, 0.3) is 0 Å². The molecular formula is C45H31N3O. The molecule has 1 aliphatic carbocycles. The fourth-order valence-electron chi connectivity index (χ4n) is 7.74. The molecule has 0 bridgehead atoms. The van der Waals surface area contributed by atoms with Crippen LogP contribution < -0.4 is 0 Å². The lowest BCUT2D eigenvalue weighted by Crippen LogP contribution is -2.10. The van der Waals surface area contributed by atoms with Gasteiger partial charge in [0.15, 0.2) is 5.82 Å². The molecule has 3 heterocycles. The topological polar surface area (TPSA) is 43.9 Å². The van der Waals surface area contributed by atoms with Crippen molar-refractivity contribution in [3.8, 4) is 39.5 Å². The van der Waals surface area contributed by atoms with Crippen LogP contribution in [0, 0.1) is 5.92 Å². The Balaban J connectivity index is 1.18. The van der Waals surface area contributed by atoms with Crippen molar-refractivity contribution in [1.29, 1.82) is 0 Å². The van der Waals surface area contributed by atoms with Crippen LogP contribution in [0.3, 0.4) is 0 Å². The van der Waals surface area contributed by atoms with Crippen molar-refractivity contribution in [2.75, 3.05) is 0 Å². The number of para-hydroxylation sites is 1. The quantitative estimate of drug-likeness (QED) is 0.195. The van der Waals surface area contributed by atoms with Crippen molar-refractivity contribution in [1.82, 2.24) is 14.5 Å². The summed E-state index contributed by atoms with van der Waals surface area (Å²) in [7, 11) is 0. The van der Waals surface area contributed by atoms with E-state index in [9.17, 15) is 0 Å². The first-order valence-electron chi connectivity index (χ1n) is 16.9. The van der Waals surface area contributed by atoms with Crippen LogP contribution in [0.2, 0.25) is 0 Å². The SMILES string of the molecule is CC1C=Cc2nc(-c3cccc4oc5cc(-n6c7ccccc7c7c(-c8ccccc8)cccc76)ccc5c34)nc(-c3ccccc3)c2C1. The first-order valence-corrected chi connectivity index (χ1v) is 16.9. The first-order chi connectivity index (χ1) is 24.2. The first kappa shape index (κ1) is 27.8. The van der Waals surface area contributed by atoms with E-state index >= 15 is 0 Å². The van der Waals surface area contributed by atoms with Crippen molar-refractivity contribution >= 4 is 49.8 Å². The number of fused-ring (bicyclic) bond motifs is 7. The number of allylic oxidation sites excluding steroid dienone is 1. The van der Waals surface area contributed by atoms with Crippen LogP contribution >= 0.6 is 0 Å². The highest BCUT2D eigenvalue weighted by atomic mass is 16.3. The molecule has 49 heavy (non-hydrogen) atoms. The van der Waals surface area contributed by atoms with Gasteiger partial charge in [0.05, 0.1) is 22.4 Å². The van der Waals surface area contributed by atoms with Gasteiger partial charge in [-0.25, -0.2) is 9.97 Å². The summed E-state index contributed by atoms with van der Waals surface area (Å²) in [4.78, 5) is 10.4. The Hall–Kier alpha value is -6.26. The number of hydrogen-bond donors (Lipinski definition) is 0. The van der Waals surface area contributed by atoms with Gasteiger partial charge in [-0.1, -0.05) is 116 Å². The van der Waals surface area contributed by atoms with E-state index < -0.39 is 0 Å². The van der Waals surface area contributed by atoms with E-state index in [1.807, 2.05) is 12.1 Å². The minimum Gasteiger partial charge on any atom is -0.456 e. The van der Waals surface area contributed by atoms with Gasteiger partial charge in [0, 0.05) is 50.0 Å². The molecule has 0 fully saturated rings. The summed E-state index contributed by atoms with van der Waals surface area (Å²) >= 11 is 0. The molecule has 4 heteroatoms. The Morgan fingerprint density at radius 2 is 1.35 bits per heavy atom. The molecule has 1 atom stereocenters. The fourth-order valence-corrected chi connectivity index (χ4v) is 7.74. The highest BCUT2D eigenvalue weighted by molar-refractivity contribution is 6.16. The number of furan rings is 1. The monoisotopic (exact) mass is 629 g/mol. The second-order valence-corrected chi connectivity index (χ2v) is 13.0. The molecule has 10 rings (SSSR count). The summed E-state index contributed by atoms with van der Waals surface area (Å²) in [6.07, 6.45) is 5.34. The number of hydrogen-bond acceptors (Lipinski definition) is 3. The fraction of sp³-hybridized carbons (Fsp3) is 0.0667. The normalized spacial score (nSPS) is 14.3. The second-order valence-electron chi connectivity index (χ2n) is 13.0. The van der Waals surface area contributed by atoms with Crippen molar-refractivity contribution in [2.45, 2.75) is 13.3 Å². The van der Waals surface area contributed by atoms with Crippen LogP contribution in [0.25, 0.3) is 89.3 Å². The molecule has 4 nitrogen and oxygen atoms in total. The van der Waals surface area contributed by atoms with Gasteiger partial charge >= 0.3 is 0 Å². The van der Waals surface area contributed by atoms with Crippen molar-refractivity contribution in [3.63, 3.8) is 0 Å². The Kier molecular flexibility index (Phi) is 6.18. The van der Waals surface area contributed by atoms with Gasteiger partial charge in [-0.15, -0.1) is 0 Å². The van der Waals surface area contributed by atoms with E-state index in [0.717, 1.165) is 67.6 Å². The number of benzene rings is 6. The molecule has 0 aliphatic heterocycles. The molecule has 3 aromatic heterocycles. The molecule has 232 valence electrons. The van der Waals surface area contributed by atoms with E-state index in [0.29, 0.717) is 11.7 Å². The molecule has 0 spiro atoms. The molecule has 6 aromatic carbocycles. The summed E-state index contributed by atoms with van der Waals surface area (Å²) in [6.45, 7) is 2.25. The van der Waals surface area contributed by atoms with Gasteiger partial charge in [-0.3, -0.25) is 0 Å². The van der Waals surface area contributed by atoms with Crippen LogP contribution in [0.1, 0.15) is 18.2 Å². The maximum Gasteiger partial charge on any atom is 0.161 e. The predicted molar refractivity (Wildman–Crippen MR) is 202 cm³/mol. The third-order valence-electron chi connectivity index (χ3n) is 9.96. The standard InChI is InChI=1S/C45H31N3O/c1-28-22-25-37-36(26-28)44(30-14-6-3-7-15-30)47-45(46-37)35-18-11-21-40-43(35)34-24-23-31(27-41(34)49-40)48-38-19-9-8-16-33(38)42-32(17-10-20-39(42)48)29-12-4-2-5-13-29/h2-25,27-28H,26H2,1H3. The predicted octanol–water partition coefficient (Wildman–Crippen LogP) is 11.7. The van der Waals surface area contributed by atoms with Gasteiger partial charge in [0.1, 0.15) is 11.2 Å². The van der Waals surface area contributed by atoms with Crippen LogP contribution in [0.4, 0.5) is 0 Å². The molecule has 0 N–H and O–H groups in total. The van der Waals surface area contributed by atoms with Crippen molar-refractivity contribution in [3.05, 3.63) is 157 Å². The Morgan fingerprint density at radius 1 is 0.612 bits per heavy atom. The third kappa shape index (κ3) is 4.38. The van der Waals surface area contributed by atoms with Gasteiger partial charge in [-0.05, 0) is 59.9 Å². The maximum absolute atomic E-state index is 6.63.